The summed E-state index contributed by atoms with van der Waals surface area (Å²) in [5.74, 6) is -0.410. The van der Waals surface area contributed by atoms with E-state index in [-0.39, 0.29) is 5.88 Å². The Morgan fingerprint density at radius 2 is 2.47 bits per heavy atom. The molecule has 0 saturated carbocycles. The lowest BCUT2D eigenvalue weighted by Crippen LogP contribution is -2.28. The van der Waals surface area contributed by atoms with Gasteiger partial charge in [-0.05, 0) is 26.3 Å². The van der Waals surface area contributed by atoms with Gasteiger partial charge in [0.05, 0.1) is 5.69 Å². The van der Waals surface area contributed by atoms with E-state index in [1.54, 1.807) is 6.92 Å². The molecule has 5 heteroatoms. The van der Waals surface area contributed by atoms with E-state index in [1.807, 2.05) is 0 Å². The predicted molar refractivity (Wildman–Crippen MR) is 53.2 cm³/mol. The molecule has 1 atom stereocenters. The van der Waals surface area contributed by atoms with E-state index in [9.17, 15) is 4.39 Å². The van der Waals surface area contributed by atoms with Gasteiger partial charge >= 0.3 is 0 Å². The summed E-state index contributed by atoms with van der Waals surface area (Å²) in [5, 5.41) is 3.27. The number of hydrogen-bond acceptors (Lipinski definition) is 4. The van der Waals surface area contributed by atoms with E-state index < -0.39 is 5.82 Å². The second-order valence-electron chi connectivity index (χ2n) is 3.68. The molecule has 0 amide bonds. The summed E-state index contributed by atoms with van der Waals surface area (Å²) in [6, 6.07) is 0.319. The minimum absolute atomic E-state index is 0.0520. The van der Waals surface area contributed by atoms with Gasteiger partial charge in [0.15, 0.2) is 0 Å². The molecule has 0 spiro atoms. The quantitative estimate of drug-likeness (QED) is 0.812. The van der Waals surface area contributed by atoms with E-state index >= 15 is 0 Å². The van der Waals surface area contributed by atoms with Gasteiger partial charge in [0.25, 0.3) is 5.88 Å². The van der Waals surface area contributed by atoms with Crippen molar-refractivity contribution in [3.63, 3.8) is 0 Å². The van der Waals surface area contributed by atoms with Gasteiger partial charge in [-0.15, -0.1) is 0 Å². The van der Waals surface area contributed by atoms with Crippen molar-refractivity contribution in [2.75, 3.05) is 13.2 Å². The van der Waals surface area contributed by atoms with Crippen molar-refractivity contribution in [3.05, 3.63) is 17.8 Å². The van der Waals surface area contributed by atoms with Crippen LogP contribution in [0.5, 0.6) is 5.88 Å². The largest absolute Gasteiger partial charge is 0.474 e. The van der Waals surface area contributed by atoms with E-state index in [4.69, 9.17) is 4.74 Å². The molecule has 1 aromatic heterocycles. The summed E-state index contributed by atoms with van der Waals surface area (Å²) in [4.78, 5) is 7.50. The number of aromatic nitrogens is 2. The maximum Gasteiger partial charge on any atom is 0.253 e. The molecule has 0 radical (unpaired) electrons. The first-order valence-electron chi connectivity index (χ1n) is 5.10. The second kappa shape index (κ2) is 4.53. The summed E-state index contributed by atoms with van der Waals surface area (Å²) in [7, 11) is 0. The van der Waals surface area contributed by atoms with Crippen LogP contribution < -0.4 is 10.1 Å². The third-order valence-electron chi connectivity index (χ3n) is 2.52. The van der Waals surface area contributed by atoms with Crippen molar-refractivity contribution in [1.82, 2.24) is 15.3 Å². The molecule has 15 heavy (non-hydrogen) atoms. The smallest absolute Gasteiger partial charge is 0.253 e. The normalized spacial score (nSPS) is 20.5. The zero-order chi connectivity index (χ0) is 10.7. The Hall–Kier alpha value is -1.23. The van der Waals surface area contributed by atoms with Crippen molar-refractivity contribution >= 4 is 0 Å². The number of nitrogens with one attached hydrogen (secondary N) is 1. The lowest BCUT2D eigenvalue weighted by molar-refractivity contribution is 0.253. The molecule has 1 fully saturated rings. The average Bonchev–Trinajstić information content (AvgIpc) is 2.73. The monoisotopic (exact) mass is 211 g/mol. The van der Waals surface area contributed by atoms with Crippen LogP contribution in [0.1, 0.15) is 18.5 Å². The maximum atomic E-state index is 13.4. The summed E-state index contributed by atoms with van der Waals surface area (Å²) in [5.41, 5.74) is 0.319. The lowest BCUT2D eigenvalue weighted by atomic mass is 10.2. The highest BCUT2D eigenvalue weighted by Gasteiger charge is 2.16. The molecular formula is C10H14FN3O. The minimum Gasteiger partial charge on any atom is -0.474 e. The van der Waals surface area contributed by atoms with Crippen LogP contribution in [0, 0.1) is 12.7 Å². The third kappa shape index (κ3) is 2.41. The molecule has 1 aliphatic rings. The van der Waals surface area contributed by atoms with Gasteiger partial charge in [-0.2, -0.15) is 9.37 Å². The van der Waals surface area contributed by atoms with Crippen LogP contribution in [0.3, 0.4) is 0 Å². The highest BCUT2D eigenvalue weighted by molar-refractivity contribution is 5.15. The Morgan fingerprint density at radius 3 is 3.20 bits per heavy atom. The Kier molecular flexibility index (Phi) is 3.11. The number of halogens is 1. The van der Waals surface area contributed by atoms with Crippen LogP contribution in [0.2, 0.25) is 0 Å². The van der Waals surface area contributed by atoms with Gasteiger partial charge in [0, 0.05) is 6.04 Å². The lowest BCUT2D eigenvalue weighted by Gasteiger charge is -2.11. The predicted octanol–water partition coefficient (Wildman–Crippen LogP) is 1.05. The van der Waals surface area contributed by atoms with Crippen molar-refractivity contribution in [3.8, 4) is 5.88 Å². The van der Waals surface area contributed by atoms with Crippen molar-refractivity contribution < 1.29 is 9.13 Å². The first kappa shape index (κ1) is 10.3. The van der Waals surface area contributed by atoms with Crippen LogP contribution in [0.15, 0.2) is 6.33 Å². The second-order valence-corrected chi connectivity index (χ2v) is 3.68. The van der Waals surface area contributed by atoms with Gasteiger partial charge in [-0.25, -0.2) is 4.98 Å². The van der Waals surface area contributed by atoms with E-state index in [0.717, 1.165) is 19.4 Å². The average molecular weight is 211 g/mol. The van der Waals surface area contributed by atoms with Gasteiger partial charge in [-0.3, -0.25) is 0 Å². The Labute approximate surface area is 87.9 Å². The maximum absolute atomic E-state index is 13.4. The Morgan fingerprint density at radius 1 is 1.60 bits per heavy atom. The molecule has 1 unspecified atom stereocenters. The molecule has 1 saturated heterocycles. The third-order valence-corrected chi connectivity index (χ3v) is 2.52. The molecule has 1 N–H and O–H groups in total. The minimum atomic E-state index is -0.463. The molecule has 0 aromatic carbocycles. The first-order chi connectivity index (χ1) is 7.27. The standard InChI is InChI=1S/C10H14FN3O/c1-7-9(11)10(14-6-13-7)15-5-8-3-2-4-12-8/h6,8,12H,2-5H2,1H3. The zero-order valence-corrected chi connectivity index (χ0v) is 8.66. The Balaban J connectivity index is 1.95. The molecule has 2 rings (SSSR count). The van der Waals surface area contributed by atoms with Gasteiger partial charge in [0.1, 0.15) is 12.9 Å². The number of aryl methyl sites for hydroxylation is 1. The highest BCUT2D eigenvalue weighted by atomic mass is 19.1. The van der Waals surface area contributed by atoms with Crippen LogP contribution in [0.4, 0.5) is 4.39 Å². The number of hydrogen-bond donors (Lipinski definition) is 1. The van der Waals surface area contributed by atoms with Crippen molar-refractivity contribution in [2.45, 2.75) is 25.8 Å². The summed E-state index contributed by atoms with van der Waals surface area (Å²) >= 11 is 0. The van der Waals surface area contributed by atoms with Crippen LogP contribution >= 0.6 is 0 Å². The van der Waals surface area contributed by atoms with E-state index in [0.29, 0.717) is 18.3 Å². The summed E-state index contributed by atoms with van der Waals surface area (Å²) in [6.07, 6.45) is 3.54. The molecular weight excluding hydrogens is 197 g/mol. The van der Waals surface area contributed by atoms with Gasteiger partial charge < -0.3 is 10.1 Å². The summed E-state index contributed by atoms with van der Waals surface area (Å²) in [6.45, 7) is 3.07. The van der Waals surface area contributed by atoms with Gasteiger partial charge in [0.2, 0.25) is 5.82 Å². The summed E-state index contributed by atoms with van der Waals surface area (Å²) < 4.78 is 18.7. The van der Waals surface area contributed by atoms with E-state index in [1.165, 1.54) is 6.33 Å². The molecule has 0 aliphatic carbocycles. The number of rotatable bonds is 3. The van der Waals surface area contributed by atoms with Crippen LogP contribution in [-0.4, -0.2) is 29.2 Å². The molecule has 0 bridgehead atoms. The highest BCUT2D eigenvalue weighted by Crippen LogP contribution is 2.15. The fourth-order valence-corrected chi connectivity index (χ4v) is 1.62. The number of ether oxygens (including phenoxy) is 1. The van der Waals surface area contributed by atoms with Gasteiger partial charge in [-0.1, -0.05) is 0 Å². The van der Waals surface area contributed by atoms with Crippen molar-refractivity contribution in [2.24, 2.45) is 0 Å². The fraction of sp³-hybridized carbons (Fsp3) is 0.600. The SMILES string of the molecule is Cc1ncnc(OCC2CCCN2)c1F. The van der Waals surface area contributed by atoms with Crippen molar-refractivity contribution in [1.29, 1.82) is 0 Å². The first-order valence-corrected chi connectivity index (χ1v) is 5.10. The van der Waals surface area contributed by atoms with Crippen LogP contribution in [0.25, 0.3) is 0 Å². The molecule has 1 aromatic rings. The topological polar surface area (TPSA) is 47.0 Å². The fourth-order valence-electron chi connectivity index (χ4n) is 1.62. The molecule has 4 nitrogen and oxygen atoms in total. The number of nitrogens with zero attached hydrogens (tertiary/aromatic N) is 2. The van der Waals surface area contributed by atoms with Crippen LogP contribution in [-0.2, 0) is 0 Å². The molecule has 1 aliphatic heterocycles. The van der Waals surface area contributed by atoms with E-state index in [2.05, 4.69) is 15.3 Å². The zero-order valence-electron chi connectivity index (χ0n) is 8.66. The molecule has 2 heterocycles. The Bertz CT molecular complexity index is 339. The molecule has 82 valence electrons.